The van der Waals surface area contributed by atoms with E-state index in [1.165, 1.54) is 0 Å². The molecule has 8 heteroatoms. The molecule has 0 bridgehead atoms. The summed E-state index contributed by atoms with van der Waals surface area (Å²) in [6.45, 7) is 5.30. The fraction of sp³-hybridized carbons (Fsp3) is 0.421. The molecule has 0 aliphatic carbocycles. The van der Waals surface area contributed by atoms with Gasteiger partial charge in [0.25, 0.3) is 0 Å². The number of carbonyl (C=O) groups excluding carboxylic acids is 2. The van der Waals surface area contributed by atoms with Crippen molar-refractivity contribution in [1.82, 2.24) is 15.2 Å². The molecule has 0 saturated carbocycles. The fourth-order valence-electron chi connectivity index (χ4n) is 2.99. The van der Waals surface area contributed by atoms with E-state index < -0.39 is 0 Å². The third kappa shape index (κ3) is 5.19. The van der Waals surface area contributed by atoms with Gasteiger partial charge in [0.15, 0.2) is 0 Å². The summed E-state index contributed by atoms with van der Waals surface area (Å²) in [4.78, 5) is 30.2. The molecule has 0 spiro atoms. The van der Waals surface area contributed by atoms with E-state index in [0.717, 1.165) is 22.0 Å². The number of carbonyl (C=O) groups is 2. The van der Waals surface area contributed by atoms with Crippen LogP contribution in [0.2, 0.25) is 0 Å². The van der Waals surface area contributed by atoms with Gasteiger partial charge in [-0.2, -0.15) is 0 Å². The van der Waals surface area contributed by atoms with Crippen LogP contribution in [0.4, 0.5) is 15.3 Å². The number of amides is 3. The number of likely N-dealkylation sites (tertiary alicyclic amines) is 1. The van der Waals surface area contributed by atoms with Crippen LogP contribution in [0, 0.1) is 6.92 Å². The molecule has 144 valence electrons. The quantitative estimate of drug-likeness (QED) is 0.833. The Morgan fingerprint density at radius 3 is 2.78 bits per heavy atom. The minimum atomic E-state index is -0.283. The molecule has 7 nitrogen and oxygen atoms in total. The molecule has 2 heterocycles. The van der Waals surface area contributed by atoms with E-state index in [0.29, 0.717) is 32.5 Å². The molecule has 1 aliphatic heterocycles. The van der Waals surface area contributed by atoms with Crippen LogP contribution in [-0.4, -0.2) is 47.7 Å². The van der Waals surface area contributed by atoms with Crippen molar-refractivity contribution in [2.45, 2.75) is 32.7 Å². The van der Waals surface area contributed by atoms with Crippen molar-refractivity contribution < 1.29 is 14.3 Å². The van der Waals surface area contributed by atoms with Gasteiger partial charge in [0.05, 0.1) is 6.61 Å². The summed E-state index contributed by atoms with van der Waals surface area (Å²) >= 11 is 1.58. The molecule has 0 unspecified atom stereocenters. The molecule has 27 heavy (non-hydrogen) atoms. The average Bonchev–Trinajstić information content (AvgIpc) is 3.09. The number of aryl methyl sites for hydroxylation is 1. The first kappa shape index (κ1) is 19.2. The number of nitrogens with zero attached hydrogens (tertiary/aromatic N) is 2. The lowest BCUT2D eigenvalue weighted by Gasteiger charge is -2.31. The second-order valence-electron chi connectivity index (χ2n) is 6.43. The minimum absolute atomic E-state index is 0.0421. The number of rotatable bonds is 4. The van der Waals surface area contributed by atoms with Gasteiger partial charge < -0.3 is 20.3 Å². The van der Waals surface area contributed by atoms with Gasteiger partial charge >= 0.3 is 12.1 Å². The number of urea groups is 1. The van der Waals surface area contributed by atoms with Gasteiger partial charge in [-0.25, -0.2) is 14.6 Å². The van der Waals surface area contributed by atoms with Gasteiger partial charge in [-0.15, -0.1) is 11.3 Å². The highest BCUT2D eigenvalue weighted by Crippen LogP contribution is 2.25. The van der Waals surface area contributed by atoms with Crippen molar-refractivity contribution in [1.29, 1.82) is 0 Å². The Kier molecular flexibility index (Phi) is 6.28. The van der Waals surface area contributed by atoms with E-state index in [4.69, 9.17) is 4.74 Å². The van der Waals surface area contributed by atoms with Crippen LogP contribution in [0.15, 0.2) is 29.6 Å². The summed E-state index contributed by atoms with van der Waals surface area (Å²) < 4.78 is 5.01. The monoisotopic (exact) mass is 388 g/mol. The van der Waals surface area contributed by atoms with E-state index in [9.17, 15) is 9.59 Å². The Hall–Kier alpha value is -2.61. The van der Waals surface area contributed by atoms with Gasteiger partial charge in [0.2, 0.25) is 0 Å². The number of ether oxygens (including phenoxy) is 1. The molecular formula is C19H24N4O3S. The summed E-state index contributed by atoms with van der Waals surface area (Å²) in [7, 11) is 0. The Labute approximate surface area is 162 Å². The first-order valence-corrected chi connectivity index (χ1v) is 9.95. The number of anilines is 1. The summed E-state index contributed by atoms with van der Waals surface area (Å²) in [6, 6.07) is 7.46. The smallest absolute Gasteiger partial charge is 0.409 e. The van der Waals surface area contributed by atoms with Crippen molar-refractivity contribution in [3.63, 3.8) is 0 Å². The lowest BCUT2D eigenvalue weighted by molar-refractivity contribution is 0.0959. The maximum atomic E-state index is 12.3. The highest BCUT2D eigenvalue weighted by Gasteiger charge is 2.24. The molecular weight excluding hydrogens is 364 g/mol. The van der Waals surface area contributed by atoms with E-state index in [1.807, 2.05) is 36.6 Å². The number of hydrogen-bond donors (Lipinski definition) is 2. The van der Waals surface area contributed by atoms with E-state index in [-0.39, 0.29) is 18.2 Å². The van der Waals surface area contributed by atoms with Gasteiger partial charge in [0, 0.05) is 41.5 Å². The van der Waals surface area contributed by atoms with Crippen LogP contribution in [0.3, 0.4) is 0 Å². The van der Waals surface area contributed by atoms with Crippen LogP contribution >= 0.6 is 11.3 Å². The Balaban J connectivity index is 1.51. The van der Waals surface area contributed by atoms with Crippen molar-refractivity contribution in [3.8, 4) is 10.6 Å². The predicted octanol–water partition coefficient (Wildman–Crippen LogP) is 3.86. The third-order valence-electron chi connectivity index (χ3n) is 4.34. The average molecular weight is 388 g/mol. The SMILES string of the molecule is CCOC(=O)N1CCC(NC(=O)Nc2cccc(-c3nc(C)cs3)c2)CC1. The number of thiazole rings is 1. The highest BCUT2D eigenvalue weighted by molar-refractivity contribution is 7.13. The first-order valence-electron chi connectivity index (χ1n) is 9.07. The standard InChI is InChI=1S/C19H24N4O3S/c1-3-26-19(25)23-9-7-15(8-10-23)21-18(24)22-16-6-4-5-14(11-16)17-20-13(2)12-27-17/h4-6,11-12,15H,3,7-10H2,1-2H3,(H2,21,22,24). The largest absolute Gasteiger partial charge is 0.450 e. The van der Waals surface area contributed by atoms with Crippen molar-refractivity contribution in [3.05, 3.63) is 35.3 Å². The van der Waals surface area contributed by atoms with E-state index in [1.54, 1.807) is 23.2 Å². The summed E-state index contributed by atoms with van der Waals surface area (Å²) in [6.07, 6.45) is 1.14. The second kappa shape index (κ2) is 8.85. The molecule has 1 aliphatic rings. The molecule has 2 N–H and O–H groups in total. The maximum absolute atomic E-state index is 12.3. The molecule has 1 fully saturated rings. The number of nitrogens with one attached hydrogen (secondary N) is 2. The first-order chi connectivity index (χ1) is 13.0. The Morgan fingerprint density at radius 2 is 2.11 bits per heavy atom. The second-order valence-corrected chi connectivity index (χ2v) is 7.29. The topological polar surface area (TPSA) is 83.6 Å². The van der Waals surface area contributed by atoms with Crippen LogP contribution < -0.4 is 10.6 Å². The lowest BCUT2D eigenvalue weighted by Crippen LogP contribution is -2.47. The zero-order valence-corrected chi connectivity index (χ0v) is 16.3. The Bertz CT molecular complexity index is 800. The molecule has 3 rings (SSSR count). The van der Waals surface area contributed by atoms with Gasteiger partial charge in [-0.05, 0) is 38.8 Å². The normalized spacial score (nSPS) is 14.7. The summed E-state index contributed by atoms with van der Waals surface area (Å²) in [5.74, 6) is 0. The lowest BCUT2D eigenvalue weighted by atomic mass is 10.1. The van der Waals surface area contributed by atoms with E-state index in [2.05, 4.69) is 15.6 Å². The van der Waals surface area contributed by atoms with Crippen LogP contribution in [0.1, 0.15) is 25.5 Å². The zero-order chi connectivity index (χ0) is 19.2. The molecule has 0 atom stereocenters. The molecule has 3 amide bonds. The van der Waals surface area contributed by atoms with Gasteiger partial charge in [-0.3, -0.25) is 0 Å². The summed E-state index contributed by atoms with van der Waals surface area (Å²) in [5, 5.41) is 8.80. The van der Waals surface area contributed by atoms with Crippen molar-refractivity contribution in [2.24, 2.45) is 0 Å². The van der Waals surface area contributed by atoms with Gasteiger partial charge in [0.1, 0.15) is 5.01 Å². The Morgan fingerprint density at radius 1 is 1.33 bits per heavy atom. The van der Waals surface area contributed by atoms with Crippen LogP contribution in [-0.2, 0) is 4.74 Å². The fourth-order valence-corrected chi connectivity index (χ4v) is 3.78. The molecule has 0 radical (unpaired) electrons. The number of aromatic nitrogens is 1. The number of hydrogen-bond acceptors (Lipinski definition) is 5. The molecule has 2 aromatic rings. The van der Waals surface area contributed by atoms with Crippen LogP contribution in [0.25, 0.3) is 10.6 Å². The molecule has 1 saturated heterocycles. The summed E-state index contributed by atoms with van der Waals surface area (Å²) in [5.41, 5.74) is 2.69. The zero-order valence-electron chi connectivity index (χ0n) is 15.5. The molecule has 1 aromatic carbocycles. The van der Waals surface area contributed by atoms with Crippen molar-refractivity contribution in [2.75, 3.05) is 25.0 Å². The number of benzene rings is 1. The van der Waals surface area contributed by atoms with Crippen LogP contribution in [0.5, 0.6) is 0 Å². The predicted molar refractivity (Wildman–Crippen MR) is 106 cm³/mol. The van der Waals surface area contributed by atoms with Crippen molar-refractivity contribution >= 4 is 29.1 Å². The molecule has 1 aromatic heterocycles. The maximum Gasteiger partial charge on any atom is 0.409 e. The van der Waals surface area contributed by atoms with Gasteiger partial charge in [-0.1, -0.05) is 12.1 Å². The minimum Gasteiger partial charge on any atom is -0.450 e. The number of piperidine rings is 1. The van der Waals surface area contributed by atoms with E-state index >= 15 is 0 Å². The third-order valence-corrected chi connectivity index (χ3v) is 5.35. The highest BCUT2D eigenvalue weighted by atomic mass is 32.1.